The Balaban J connectivity index is 0.00000200. The molecule has 0 aliphatic heterocycles. The van der Waals surface area contributed by atoms with Crippen molar-refractivity contribution in [2.24, 2.45) is 0 Å². The molecule has 20 heavy (non-hydrogen) atoms. The molecule has 1 aromatic heterocycles. The minimum Gasteiger partial charge on any atom is -0.731 e. The third kappa shape index (κ3) is 4.99. The van der Waals surface area contributed by atoms with Crippen LogP contribution in [0, 0.1) is 0 Å². The fraction of sp³-hybridized carbons (Fsp3) is 0. The van der Waals surface area contributed by atoms with E-state index in [9.17, 15) is 17.8 Å². The Hall–Kier alpha value is -1.32. The second kappa shape index (κ2) is 6.91. The van der Waals surface area contributed by atoms with E-state index < -0.39 is 16.2 Å². The maximum atomic E-state index is 11.7. The van der Waals surface area contributed by atoms with Crippen LogP contribution in [0.3, 0.4) is 0 Å². The number of carbonyl (C=O) groups excluding carboxylic acids is 1. The summed E-state index contributed by atoms with van der Waals surface area (Å²) in [6.45, 7) is 0. The molecule has 0 bridgehead atoms. The summed E-state index contributed by atoms with van der Waals surface area (Å²) in [5.41, 5.74) is 0.391. The van der Waals surface area contributed by atoms with E-state index in [2.05, 4.69) is 5.32 Å². The first-order valence-electron chi connectivity index (χ1n) is 5.12. The third-order valence-electron chi connectivity index (χ3n) is 2.11. The van der Waals surface area contributed by atoms with Gasteiger partial charge in [-0.2, -0.15) is 0 Å². The van der Waals surface area contributed by atoms with Crippen LogP contribution in [-0.2, 0) is 10.3 Å². The van der Waals surface area contributed by atoms with E-state index in [1.54, 1.807) is 16.9 Å². The summed E-state index contributed by atoms with van der Waals surface area (Å²) in [5, 5.41) is 2.50. The van der Waals surface area contributed by atoms with Gasteiger partial charge in [-0.1, -0.05) is 6.07 Å². The summed E-state index contributed by atoms with van der Waals surface area (Å²) in [4.78, 5) is 11.7. The zero-order chi connectivity index (χ0) is 13.9. The summed E-state index contributed by atoms with van der Waals surface area (Å²) in [7, 11) is -4.60. The maximum absolute atomic E-state index is 11.7. The first kappa shape index (κ1) is 16.7. The van der Waals surface area contributed by atoms with Crippen molar-refractivity contribution >= 4 is 27.6 Å². The van der Waals surface area contributed by atoms with Crippen molar-refractivity contribution in [3.05, 3.63) is 48.4 Å². The quantitative estimate of drug-likeness (QED) is 0.522. The van der Waals surface area contributed by atoms with Gasteiger partial charge in [0, 0.05) is 11.4 Å². The Morgan fingerprint density at radius 1 is 1.15 bits per heavy atom. The number of hydrogen-bond acceptors (Lipinski definition) is 5. The summed E-state index contributed by atoms with van der Waals surface area (Å²) in [6, 6.07) is 8.79. The Bertz CT molecular complexity index is 685. The van der Waals surface area contributed by atoms with Gasteiger partial charge in [0.05, 0.1) is 6.26 Å². The van der Waals surface area contributed by atoms with E-state index in [4.69, 9.17) is 4.42 Å². The van der Waals surface area contributed by atoms with E-state index in [1.807, 2.05) is 0 Å². The first-order valence-corrected chi connectivity index (χ1v) is 6.53. The van der Waals surface area contributed by atoms with Crippen LogP contribution >= 0.6 is 0 Å². The second-order valence-corrected chi connectivity index (χ2v) is 4.68. The number of carbonyl (C=O) groups is 1. The minimum atomic E-state index is -4.60. The zero-order valence-corrected chi connectivity index (χ0v) is 13.3. The van der Waals surface area contributed by atoms with Crippen molar-refractivity contribution in [2.75, 3.05) is 10.0 Å². The van der Waals surface area contributed by atoms with Crippen molar-refractivity contribution in [3.63, 3.8) is 0 Å². The molecule has 1 aromatic carbocycles. The smallest absolute Gasteiger partial charge is 0.731 e. The third-order valence-corrected chi connectivity index (χ3v) is 2.59. The van der Waals surface area contributed by atoms with Gasteiger partial charge in [-0.05, 0) is 30.3 Å². The predicted molar refractivity (Wildman–Crippen MR) is 66.4 cm³/mol. The van der Waals surface area contributed by atoms with Gasteiger partial charge in [0.15, 0.2) is 16.1 Å². The van der Waals surface area contributed by atoms with Crippen LogP contribution < -0.4 is 39.6 Å². The molecule has 0 aliphatic carbocycles. The zero-order valence-electron chi connectivity index (χ0n) is 10.5. The van der Waals surface area contributed by atoms with E-state index in [-0.39, 0.29) is 41.0 Å². The molecule has 2 rings (SSSR count). The maximum Gasteiger partial charge on any atom is 1.00 e. The normalized spacial score (nSPS) is 10.4. The summed E-state index contributed by atoms with van der Waals surface area (Å²) >= 11 is 0. The molecule has 2 aromatic rings. The number of rotatable bonds is 4. The summed E-state index contributed by atoms with van der Waals surface area (Å²) in [5.74, 6) is -0.359. The molecule has 7 nitrogen and oxygen atoms in total. The molecule has 0 saturated heterocycles. The number of anilines is 2. The topological polar surface area (TPSA) is 111 Å². The Morgan fingerprint density at radius 2 is 1.85 bits per heavy atom. The molecule has 100 valence electrons. The number of furan rings is 1. The Labute approximate surface area is 137 Å². The van der Waals surface area contributed by atoms with Crippen LogP contribution in [0.4, 0.5) is 11.4 Å². The van der Waals surface area contributed by atoms with Gasteiger partial charge in [-0.3, -0.25) is 9.52 Å². The van der Waals surface area contributed by atoms with Gasteiger partial charge in [-0.15, -0.1) is 0 Å². The van der Waals surface area contributed by atoms with Gasteiger partial charge >= 0.3 is 29.6 Å². The number of benzene rings is 1. The summed E-state index contributed by atoms with van der Waals surface area (Å²) < 4.78 is 38.3. The standard InChI is InChI=1S/C11H10N2O5S.Na/c14-11(10-5-2-6-18-10)12-8-3-1-4-9(7-8)13-19(15,16)17;/h1-7,13H,(H,12,14)(H,15,16,17);/q;+1/p-1. The number of amides is 1. The van der Waals surface area contributed by atoms with Crippen LogP contribution in [0.5, 0.6) is 0 Å². The molecule has 0 saturated carbocycles. The van der Waals surface area contributed by atoms with Crippen molar-refractivity contribution in [3.8, 4) is 0 Å². The van der Waals surface area contributed by atoms with Crippen LogP contribution in [0.2, 0.25) is 0 Å². The van der Waals surface area contributed by atoms with Crippen molar-refractivity contribution in [1.82, 2.24) is 0 Å². The average molecular weight is 304 g/mol. The molecule has 0 fully saturated rings. The molecular weight excluding hydrogens is 295 g/mol. The largest absolute Gasteiger partial charge is 1.00 e. The van der Waals surface area contributed by atoms with Gasteiger partial charge in [0.1, 0.15) is 0 Å². The molecule has 9 heteroatoms. The monoisotopic (exact) mass is 304 g/mol. The molecular formula is C11H9N2NaO5S. The molecule has 1 heterocycles. The fourth-order valence-corrected chi connectivity index (χ4v) is 1.82. The molecule has 1 amide bonds. The molecule has 0 aliphatic rings. The van der Waals surface area contributed by atoms with Gasteiger partial charge < -0.3 is 14.3 Å². The predicted octanol–water partition coefficient (Wildman–Crippen LogP) is -1.59. The number of nitrogens with one attached hydrogen (secondary N) is 2. The SMILES string of the molecule is O=C(Nc1cccc(NS(=O)(=O)[O-])c1)c1ccco1.[Na+]. The first-order chi connectivity index (χ1) is 8.94. The summed E-state index contributed by atoms with van der Waals surface area (Å²) in [6.07, 6.45) is 1.36. The Morgan fingerprint density at radius 3 is 2.45 bits per heavy atom. The van der Waals surface area contributed by atoms with E-state index in [0.29, 0.717) is 5.69 Å². The van der Waals surface area contributed by atoms with Crippen molar-refractivity contribution < 1.29 is 51.7 Å². The minimum absolute atomic E-state index is 0. The molecule has 0 unspecified atom stereocenters. The van der Waals surface area contributed by atoms with Crippen LogP contribution in [0.25, 0.3) is 0 Å². The second-order valence-electron chi connectivity index (χ2n) is 3.57. The molecule has 0 spiro atoms. The van der Waals surface area contributed by atoms with E-state index in [0.717, 1.165) is 0 Å². The Kier molecular flexibility index (Phi) is 5.78. The van der Waals surface area contributed by atoms with Crippen molar-refractivity contribution in [1.29, 1.82) is 0 Å². The molecule has 2 N–H and O–H groups in total. The van der Waals surface area contributed by atoms with Crippen LogP contribution in [0.1, 0.15) is 10.6 Å². The van der Waals surface area contributed by atoms with Crippen molar-refractivity contribution in [2.45, 2.75) is 0 Å². The fourth-order valence-electron chi connectivity index (χ4n) is 1.41. The van der Waals surface area contributed by atoms with Gasteiger partial charge in [0.25, 0.3) is 5.91 Å². The number of hydrogen-bond donors (Lipinski definition) is 2. The van der Waals surface area contributed by atoms with Crippen LogP contribution in [-0.4, -0.2) is 18.9 Å². The van der Waals surface area contributed by atoms with Gasteiger partial charge in [0.2, 0.25) is 0 Å². The molecule has 0 atom stereocenters. The molecule has 0 radical (unpaired) electrons. The van der Waals surface area contributed by atoms with E-state index >= 15 is 0 Å². The van der Waals surface area contributed by atoms with Crippen LogP contribution in [0.15, 0.2) is 47.1 Å². The van der Waals surface area contributed by atoms with E-state index in [1.165, 1.54) is 30.5 Å². The van der Waals surface area contributed by atoms with Gasteiger partial charge in [-0.25, -0.2) is 8.42 Å². The average Bonchev–Trinajstić information content (AvgIpc) is 2.80.